The normalized spacial score (nSPS) is 26.0. The molecule has 1 amide bonds. The van der Waals surface area contributed by atoms with E-state index in [2.05, 4.69) is 0 Å². The fourth-order valence-electron chi connectivity index (χ4n) is 2.99. The van der Waals surface area contributed by atoms with Gasteiger partial charge in [0.15, 0.2) is 11.6 Å². The number of hydrogen-bond donors (Lipinski definition) is 0. The van der Waals surface area contributed by atoms with Crippen molar-refractivity contribution in [3.63, 3.8) is 0 Å². The Morgan fingerprint density at radius 2 is 2.00 bits per heavy atom. The van der Waals surface area contributed by atoms with Crippen molar-refractivity contribution in [2.45, 2.75) is 26.3 Å². The number of rotatable bonds is 1. The second-order valence-corrected chi connectivity index (χ2v) is 5.90. The monoisotopic (exact) mass is 266 g/mol. The van der Waals surface area contributed by atoms with Gasteiger partial charge in [-0.05, 0) is 38.0 Å². The maximum Gasteiger partial charge on any atom is 0.244 e. The smallest absolute Gasteiger partial charge is 0.244 e. The van der Waals surface area contributed by atoms with Crippen molar-refractivity contribution in [2.75, 3.05) is 13.1 Å². The highest BCUT2D eigenvalue weighted by Crippen LogP contribution is 2.42. The third-order valence-corrected chi connectivity index (χ3v) is 3.95. The van der Waals surface area contributed by atoms with Crippen molar-refractivity contribution in [1.29, 1.82) is 0 Å². The molecule has 0 radical (unpaired) electrons. The van der Waals surface area contributed by atoms with E-state index in [1.165, 1.54) is 6.07 Å². The minimum Gasteiger partial charge on any atom is -0.273 e. The van der Waals surface area contributed by atoms with E-state index in [9.17, 15) is 13.6 Å². The number of amides is 1. The molecule has 0 saturated carbocycles. The lowest BCUT2D eigenvalue weighted by Gasteiger charge is -2.26. The summed E-state index contributed by atoms with van der Waals surface area (Å²) >= 11 is 0. The summed E-state index contributed by atoms with van der Waals surface area (Å²) in [7, 11) is 0. The number of fused-ring (bicyclic) bond motifs is 1. The van der Waals surface area contributed by atoms with Gasteiger partial charge in [0.2, 0.25) is 5.91 Å². The molecule has 1 aromatic carbocycles. The number of nitrogens with zero attached hydrogens (tertiary/aromatic N) is 2. The van der Waals surface area contributed by atoms with Crippen molar-refractivity contribution >= 4 is 5.91 Å². The van der Waals surface area contributed by atoms with Crippen LogP contribution in [-0.2, 0) is 4.79 Å². The molecule has 0 unspecified atom stereocenters. The van der Waals surface area contributed by atoms with E-state index < -0.39 is 17.0 Å². The average molecular weight is 266 g/mol. The topological polar surface area (TPSA) is 23.6 Å². The standard InChI is InChI=1S/C14H16F2N2O/c1-14(2)8-17-6-5-12(18(17)13(14)19)9-3-4-10(15)11(16)7-9/h3-4,7,12H,5-6,8H2,1-2H3/t12-/m1/s1. The SMILES string of the molecule is CC1(C)CN2CC[C@H](c3ccc(F)c(F)c3)N2C1=O. The highest BCUT2D eigenvalue weighted by molar-refractivity contribution is 5.84. The Morgan fingerprint density at radius 3 is 2.68 bits per heavy atom. The summed E-state index contributed by atoms with van der Waals surface area (Å²) in [5.41, 5.74) is 0.254. The quantitative estimate of drug-likeness (QED) is 0.779. The Labute approximate surface area is 110 Å². The Bertz CT molecular complexity index is 544. The lowest BCUT2D eigenvalue weighted by Crippen LogP contribution is -2.35. The van der Waals surface area contributed by atoms with Gasteiger partial charge in [0.1, 0.15) is 0 Å². The average Bonchev–Trinajstić information content (AvgIpc) is 2.83. The molecule has 2 aliphatic rings. The molecule has 1 aromatic rings. The van der Waals surface area contributed by atoms with E-state index in [4.69, 9.17) is 0 Å². The van der Waals surface area contributed by atoms with Crippen LogP contribution in [0, 0.1) is 17.0 Å². The van der Waals surface area contributed by atoms with Gasteiger partial charge in [-0.1, -0.05) is 6.07 Å². The third-order valence-electron chi connectivity index (χ3n) is 3.95. The van der Waals surface area contributed by atoms with Crippen LogP contribution < -0.4 is 0 Å². The summed E-state index contributed by atoms with van der Waals surface area (Å²) < 4.78 is 26.3. The summed E-state index contributed by atoms with van der Waals surface area (Å²) in [6.45, 7) is 5.29. The Balaban J connectivity index is 1.94. The van der Waals surface area contributed by atoms with Gasteiger partial charge in [-0.2, -0.15) is 0 Å². The first kappa shape index (κ1) is 12.5. The van der Waals surface area contributed by atoms with Crippen LogP contribution in [0.25, 0.3) is 0 Å². The second kappa shape index (κ2) is 4.00. The zero-order valence-corrected chi connectivity index (χ0v) is 11.0. The largest absolute Gasteiger partial charge is 0.273 e. The molecular weight excluding hydrogens is 250 g/mol. The van der Waals surface area contributed by atoms with Crippen LogP contribution in [0.1, 0.15) is 31.9 Å². The minimum atomic E-state index is -0.859. The lowest BCUT2D eigenvalue weighted by atomic mass is 9.92. The van der Waals surface area contributed by atoms with Crippen LogP contribution >= 0.6 is 0 Å². The first-order valence-corrected chi connectivity index (χ1v) is 6.43. The molecule has 0 aliphatic carbocycles. The minimum absolute atomic E-state index is 0.0553. The van der Waals surface area contributed by atoms with Gasteiger partial charge in [0.25, 0.3) is 0 Å². The molecule has 0 N–H and O–H groups in total. The number of benzene rings is 1. The number of carbonyl (C=O) groups excluding carboxylic acids is 1. The molecule has 0 spiro atoms. The van der Waals surface area contributed by atoms with Gasteiger partial charge in [-0.25, -0.2) is 13.8 Å². The summed E-state index contributed by atoms with van der Waals surface area (Å²) in [5, 5.41) is 3.72. The summed E-state index contributed by atoms with van der Waals surface area (Å²) in [6.07, 6.45) is 0.757. The van der Waals surface area contributed by atoms with Crippen molar-refractivity contribution in [1.82, 2.24) is 10.0 Å². The molecule has 3 nitrogen and oxygen atoms in total. The Morgan fingerprint density at radius 1 is 1.26 bits per heavy atom. The van der Waals surface area contributed by atoms with Crippen molar-refractivity contribution in [3.05, 3.63) is 35.4 Å². The Hall–Kier alpha value is -1.49. The predicted molar refractivity (Wildman–Crippen MR) is 65.9 cm³/mol. The van der Waals surface area contributed by atoms with E-state index in [-0.39, 0.29) is 11.9 Å². The molecule has 2 heterocycles. The highest BCUT2D eigenvalue weighted by atomic mass is 19.2. The van der Waals surface area contributed by atoms with Crippen LogP contribution in [0.5, 0.6) is 0 Å². The zero-order chi connectivity index (χ0) is 13.8. The van der Waals surface area contributed by atoms with Crippen LogP contribution in [0.3, 0.4) is 0 Å². The number of hydrogen-bond acceptors (Lipinski definition) is 2. The van der Waals surface area contributed by atoms with Crippen LogP contribution in [-0.4, -0.2) is 29.0 Å². The van der Waals surface area contributed by atoms with Crippen molar-refractivity contribution in [2.24, 2.45) is 5.41 Å². The molecule has 0 bridgehead atoms. The van der Waals surface area contributed by atoms with E-state index in [0.29, 0.717) is 12.1 Å². The summed E-state index contributed by atoms with van der Waals surface area (Å²) in [6, 6.07) is 3.70. The predicted octanol–water partition coefficient (Wildman–Crippen LogP) is 2.50. The third kappa shape index (κ3) is 1.84. The van der Waals surface area contributed by atoms with Gasteiger partial charge < -0.3 is 0 Å². The number of carbonyl (C=O) groups is 1. The molecular formula is C14H16F2N2O. The summed E-state index contributed by atoms with van der Waals surface area (Å²) in [5.74, 6) is -1.66. The molecule has 3 rings (SSSR count). The van der Waals surface area contributed by atoms with Gasteiger partial charge in [0.05, 0.1) is 11.5 Å². The van der Waals surface area contributed by atoms with E-state index in [1.54, 1.807) is 11.1 Å². The van der Waals surface area contributed by atoms with E-state index in [1.807, 2.05) is 18.9 Å². The van der Waals surface area contributed by atoms with Crippen LogP contribution in [0.2, 0.25) is 0 Å². The molecule has 2 aliphatic heterocycles. The Kier molecular flexibility index (Phi) is 2.64. The molecule has 1 atom stereocenters. The van der Waals surface area contributed by atoms with Crippen molar-refractivity contribution < 1.29 is 13.6 Å². The zero-order valence-electron chi connectivity index (χ0n) is 11.0. The fourth-order valence-corrected chi connectivity index (χ4v) is 2.99. The fraction of sp³-hybridized carbons (Fsp3) is 0.500. The maximum atomic E-state index is 13.3. The molecule has 102 valence electrons. The molecule has 0 aromatic heterocycles. The number of halogens is 2. The van der Waals surface area contributed by atoms with E-state index in [0.717, 1.165) is 19.0 Å². The van der Waals surface area contributed by atoms with Gasteiger partial charge in [-0.15, -0.1) is 0 Å². The number of hydrazine groups is 1. The summed E-state index contributed by atoms with van der Waals surface area (Å²) in [4.78, 5) is 12.4. The molecule has 2 fully saturated rings. The van der Waals surface area contributed by atoms with Gasteiger partial charge >= 0.3 is 0 Å². The lowest BCUT2D eigenvalue weighted by molar-refractivity contribution is -0.142. The van der Waals surface area contributed by atoms with Crippen molar-refractivity contribution in [3.8, 4) is 0 Å². The first-order valence-electron chi connectivity index (χ1n) is 6.43. The molecule has 5 heteroatoms. The van der Waals surface area contributed by atoms with Gasteiger partial charge in [-0.3, -0.25) is 9.80 Å². The molecule has 19 heavy (non-hydrogen) atoms. The van der Waals surface area contributed by atoms with Crippen LogP contribution in [0.15, 0.2) is 18.2 Å². The molecule has 2 saturated heterocycles. The van der Waals surface area contributed by atoms with Gasteiger partial charge in [0, 0.05) is 13.1 Å². The maximum absolute atomic E-state index is 13.3. The van der Waals surface area contributed by atoms with Crippen LogP contribution in [0.4, 0.5) is 8.78 Å². The highest BCUT2D eigenvalue weighted by Gasteiger charge is 2.50. The first-order chi connectivity index (χ1) is 8.90. The second-order valence-electron chi connectivity index (χ2n) is 5.90. The van der Waals surface area contributed by atoms with E-state index >= 15 is 0 Å².